The lowest BCUT2D eigenvalue weighted by atomic mass is 9.73. The number of Topliss-reactive ketones (excluding diaryl/α,β-unsaturated/α-hetero) is 1. The molecule has 0 saturated heterocycles. The van der Waals surface area contributed by atoms with Gasteiger partial charge in [-0.2, -0.15) is 0 Å². The van der Waals surface area contributed by atoms with E-state index >= 15 is 0 Å². The van der Waals surface area contributed by atoms with E-state index in [9.17, 15) is 9.59 Å². The fraction of sp³-hybridized carbons (Fsp3) is 0.556. The summed E-state index contributed by atoms with van der Waals surface area (Å²) in [5.41, 5.74) is 2.93. The van der Waals surface area contributed by atoms with Crippen LogP contribution in [0, 0.1) is 13.8 Å². The molecular weight excluding hydrogens is 280 g/mol. The summed E-state index contributed by atoms with van der Waals surface area (Å²) in [4.78, 5) is 24.2. The summed E-state index contributed by atoms with van der Waals surface area (Å²) in [6, 6.07) is 0. The van der Waals surface area contributed by atoms with E-state index in [-0.39, 0.29) is 17.4 Å². The maximum absolute atomic E-state index is 12.8. The van der Waals surface area contributed by atoms with Gasteiger partial charge in [0, 0.05) is 12.5 Å². The van der Waals surface area contributed by atoms with Crippen molar-refractivity contribution in [3.05, 3.63) is 22.3 Å². The monoisotopic (exact) mass is 302 g/mol. The lowest BCUT2D eigenvalue weighted by molar-refractivity contribution is -0.132. The van der Waals surface area contributed by atoms with Gasteiger partial charge in [0.15, 0.2) is 5.78 Å². The average Bonchev–Trinajstić information content (AvgIpc) is 2.43. The number of ketones is 1. The van der Waals surface area contributed by atoms with Crippen LogP contribution in [0.5, 0.6) is 11.5 Å². The molecule has 0 unspecified atom stereocenters. The molecule has 118 valence electrons. The fourth-order valence-corrected chi connectivity index (χ4v) is 3.53. The smallest absolute Gasteiger partial charge is 0.308 e. The summed E-state index contributed by atoms with van der Waals surface area (Å²) in [5.74, 6) is 1.00. The van der Waals surface area contributed by atoms with E-state index in [2.05, 4.69) is 0 Å². The quantitative estimate of drug-likeness (QED) is 0.617. The molecule has 0 aromatic heterocycles. The molecule has 1 aliphatic carbocycles. The minimum absolute atomic E-state index is 0.120. The molecule has 22 heavy (non-hydrogen) atoms. The number of carbonyl (C=O) groups is 2. The van der Waals surface area contributed by atoms with Crippen LogP contribution >= 0.6 is 0 Å². The molecule has 0 amide bonds. The Balaban J connectivity index is 2.20. The average molecular weight is 302 g/mol. The van der Waals surface area contributed by atoms with Crippen LogP contribution in [-0.2, 0) is 11.2 Å². The van der Waals surface area contributed by atoms with Crippen LogP contribution < -0.4 is 9.47 Å². The zero-order chi connectivity index (χ0) is 16.1. The summed E-state index contributed by atoms with van der Waals surface area (Å²) in [6.07, 6.45) is 4.09. The third kappa shape index (κ3) is 2.13. The number of ether oxygens (including phenoxy) is 2. The first kappa shape index (κ1) is 15.1. The van der Waals surface area contributed by atoms with Crippen LogP contribution in [0.1, 0.15) is 66.6 Å². The van der Waals surface area contributed by atoms with Gasteiger partial charge in [-0.1, -0.05) is 6.92 Å². The Kier molecular flexibility index (Phi) is 3.50. The van der Waals surface area contributed by atoms with Gasteiger partial charge in [0.05, 0.1) is 12.0 Å². The molecule has 1 saturated carbocycles. The minimum atomic E-state index is -0.364. The van der Waals surface area contributed by atoms with Crippen molar-refractivity contribution in [2.24, 2.45) is 0 Å². The summed E-state index contributed by atoms with van der Waals surface area (Å²) in [5, 5.41) is 0. The molecule has 1 aromatic rings. The Morgan fingerprint density at radius 3 is 2.45 bits per heavy atom. The Morgan fingerprint density at radius 1 is 1.27 bits per heavy atom. The van der Waals surface area contributed by atoms with Crippen LogP contribution in [0.4, 0.5) is 0 Å². The maximum atomic E-state index is 12.8. The van der Waals surface area contributed by atoms with E-state index in [1.54, 1.807) is 0 Å². The second-order valence-corrected chi connectivity index (χ2v) is 6.45. The number of hydrogen-bond donors (Lipinski definition) is 0. The van der Waals surface area contributed by atoms with Gasteiger partial charge in [0.1, 0.15) is 17.1 Å². The topological polar surface area (TPSA) is 52.6 Å². The molecule has 3 rings (SSSR count). The third-order valence-corrected chi connectivity index (χ3v) is 4.99. The highest BCUT2D eigenvalue weighted by Crippen LogP contribution is 2.49. The standard InChI is InChI=1S/C18H22O4/c1-5-13-15-14(20)9-18(7-6-8-18)22-17(15)11(3)10(2)16(13)21-12(4)19/h5-9H2,1-4H3. The molecular formula is C18H22O4. The summed E-state index contributed by atoms with van der Waals surface area (Å²) < 4.78 is 11.7. The zero-order valence-corrected chi connectivity index (χ0v) is 13.7. The SMILES string of the molecule is CCc1c(OC(C)=O)c(C)c(C)c2c1C(=O)CC1(CCC1)O2. The molecule has 0 N–H and O–H groups in total. The van der Waals surface area contributed by atoms with E-state index in [1.165, 1.54) is 6.92 Å². The molecule has 0 atom stereocenters. The molecule has 1 fully saturated rings. The number of fused-ring (bicyclic) bond motifs is 1. The van der Waals surface area contributed by atoms with Crippen molar-refractivity contribution in [1.82, 2.24) is 0 Å². The van der Waals surface area contributed by atoms with Gasteiger partial charge in [-0.25, -0.2) is 0 Å². The maximum Gasteiger partial charge on any atom is 0.308 e. The highest BCUT2D eigenvalue weighted by molar-refractivity contribution is 6.03. The van der Waals surface area contributed by atoms with Crippen molar-refractivity contribution in [2.75, 3.05) is 0 Å². The van der Waals surface area contributed by atoms with Gasteiger partial charge in [-0.05, 0) is 50.7 Å². The molecule has 0 radical (unpaired) electrons. The van der Waals surface area contributed by atoms with Crippen molar-refractivity contribution >= 4 is 11.8 Å². The highest BCUT2D eigenvalue weighted by atomic mass is 16.5. The first-order chi connectivity index (χ1) is 10.4. The summed E-state index contributed by atoms with van der Waals surface area (Å²) >= 11 is 0. The van der Waals surface area contributed by atoms with Gasteiger partial charge in [-0.3, -0.25) is 9.59 Å². The van der Waals surface area contributed by atoms with Crippen molar-refractivity contribution < 1.29 is 19.1 Å². The molecule has 4 heteroatoms. The van der Waals surface area contributed by atoms with Gasteiger partial charge in [0.25, 0.3) is 0 Å². The minimum Gasteiger partial charge on any atom is -0.486 e. The molecule has 1 aromatic carbocycles. The molecule has 1 heterocycles. The van der Waals surface area contributed by atoms with E-state index in [1.807, 2.05) is 20.8 Å². The lowest BCUT2D eigenvalue weighted by Gasteiger charge is -2.45. The van der Waals surface area contributed by atoms with Crippen LogP contribution in [-0.4, -0.2) is 17.4 Å². The van der Waals surface area contributed by atoms with Crippen molar-refractivity contribution in [3.63, 3.8) is 0 Å². The number of benzene rings is 1. The highest BCUT2D eigenvalue weighted by Gasteiger charge is 2.47. The van der Waals surface area contributed by atoms with Crippen LogP contribution in [0.2, 0.25) is 0 Å². The summed E-state index contributed by atoms with van der Waals surface area (Å²) in [6.45, 7) is 7.21. The summed E-state index contributed by atoms with van der Waals surface area (Å²) in [7, 11) is 0. The van der Waals surface area contributed by atoms with E-state index in [0.717, 1.165) is 36.0 Å². The first-order valence-corrected chi connectivity index (χ1v) is 7.95. The predicted octanol–water partition coefficient (Wildman–Crippen LogP) is 3.68. The third-order valence-electron chi connectivity index (χ3n) is 4.99. The van der Waals surface area contributed by atoms with Crippen LogP contribution in [0.15, 0.2) is 0 Å². The zero-order valence-electron chi connectivity index (χ0n) is 13.7. The van der Waals surface area contributed by atoms with Gasteiger partial charge < -0.3 is 9.47 Å². The molecule has 2 aliphatic rings. The molecule has 1 aliphatic heterocycles. The molecule has 1 spiro atoms. The Labute approximate surface area is 130 Å². The predicted molar refractivity (Wildman–Crippen MR) is 82.8 cm³/mol. The van der Waals surface area contributed by atoms with Crippen LogP contribution in [0.25, 0.3) is 0 Å². The van der Waals surface area contributed by atoms with E-state index in [0.29, 0.717) is 29.9 Å². The van der Waals surface area contributed by atoms with Crippen molar-refractivity contribution in [3.8, 4) is 11.5 Å². The molecule has 0 bridgehead atoms. The lowest BCUT2D eigenvalue weighted by Crippen LogP contribution is -2.48. The van der Waals surface area contributed by atoms with Crippen molar-refractivity contribution in [1.29, 1.82) is 0 Å². The Bertz CT molecular complexity index is 668. The van der Waals surface area contributed by atoms with Gasteiger partial charge in [0.2, 0.25) is 0 Å². The van der Waals surface area contributed by atoms with Crippen LogP contribution in [0.3, 0.4) is 0 Å². The second-order valence-electron chi connectivity index (χ2n) is 6.45. The first-order valence-electron chi connectivity index (χ1n) is 7.95. The van der Waals surface area contributed by atoms with Gasteiger partial charge in [-0.15, -0.1) is 0 Å². The largest absolute Gasteiger partial charge is 0.486 e. The number of carbonyl (C=O) groups excluding carboxylic acids is 2. The Hall–Kier alpha value is -1.84. The van der Waals surface area contributed by atoms with E-state index < -0.39 is 0 Å². The Morgan fingerprint density at radius 2 is 1.95 bits per heavy atom. The normalized spacial score (nSPS) is 18.5. The number of esters is 1. The van der Waals surface area contributed by atoms with Crippen molar-refractivity contribution in [2.45, 2.75) is 65.4 Å². The second kappa shape index (κ2) is 5.11. The fourth-order valence-electron chi connectivity index (χ4n) is 3.53. The number of rotatable bonds is 2. The van der Waals surface area contributed by atoms with Gasteiger partial charge >= 0.3 is 5.97 Å². The molecule has 4 nitrogen and oxygen atoms in total. The van der Waals surface area contributed by atoms with E-state index in [4.69, 9.17) is 9.47 Å². The number of hydrogen-bond acceptors (Lipinski definition) is 4.